The summed E-state index contributed by atoms with van der Waals surface area (Å²) in [6.45, 7) is 14.9. The summed E-state index contributed by atoms with van der Waals surface area (Å²) < 4.78 is 0. The molecule has 2 aliphatic rings. The fraction of sp³-hybridized carbons (Fsp3) is 1.00. The van der Waals surface area contributed by atoms with E-state index in [1.54, 1.807) is 0 Å². The molecule has 0 spiro atoms. The summed E-state index contributed by atoms with van der Waals surface area (Å²) in [7, 11) is 0. The molecule has 2 atom stereocenters. The van der Waals surface area contributed by atoms with E-state index in [1.807, 2.05) is 0 Å². The number of hydrogen-bond acceptors (Lipinski definition) is 5. The quantitative estimate of drug-likeness (QED) is 0.670. The summed E-state index contributed by atoms with van der Waals surface area (Å²) in [5.41, 5.74) is 0. The number of aliphatic hydroxyl groups excluding tert-OH is 1. The van der Waals surface area contributed by atoms with Crippen molar-refractivity contribution in [3.05, 3.63) is 0 Å². The molecule has 0 aliphatic carbocycles. The van der Waals surface area contributed by atoms with Gasteiger partial charge >= 0.3 is 0 Å². The Morgan fingerprint density at radius 2 is 1.75 bits per heavy atom. The van der Waals surface area contributed by atoms with Crippen molar-refractivity contribution in [3.8, 4) is 0 Å². The molecule has 118 valence electrons. The Labute approximate surface area is 123 Å². The van der Waals surface area contributed by atoms with Crippen LogP contribution >= 0.6 is 0 Å². The summed E-state index contributed by atoms with van der Waals surface area (Å²) in [5.74, 6) is 0. The summed E-state index contributed by atoms with van der Waals surface area (Å²) >= 11 is 0. The highest BCUT2D eigenvalue weighted by Crippen LogP contribution is 2.15. The molecular formula is C15H32N4O. The number of nitrogens with one attached hydrogen (secondary N) is 1. The molecule has 2 unspecified atom stereocenters. The van der Waals surface area contributed by atoms with Crippen molar-refractivity contribution >= 4 is 0 Å². The van der Waals surface area contributed by atoms with Gasteiger partial charge in [0.1, 0.15) is 0 Å². The van der Waals surface area contributed by atoms with Crippen molar-refractivity contribution in [2.45, 2.75) is 32.4 Å². The molecule has 2 heterocycles. The van der Waals surface area contributed by atoms with Crippen molar-refractivity contribution in [1.82, 2.24) is 20.0 Å². The number of aliphatic hydroxyl groups is 1. The van der Waals surface area contributed by atoms with Gasteiger partial charge in [0.05, 0.1) is 6.10 Å². The first-order valence-electron chi connectivity index (χ1n) is 8.30. The Bertz CT molecular complexity index is 267. The molecule has 0 saturated carbocycles. The Hall–Kier alpha value is -0.200. The summed E-state index contributed by atoms with van der Waals surface area (Å²) in [6.07, 6.45) is 1.05. The maximum Gasteiger partial charge on any atom is 0.0793 e. The smallest absolute Gasteiger partial charge is 0.0793 e. The molecule has 5 heteroatoms. The van der Waals surface area contributed by atoms with Crippen LogP contribution in [0.2, 0.25) is 0 Å². The molecule has 20 heavy (non-hydrogen) atoms. The number of piperazine rings is 1. The van der Waals surface area contributed by atoms with Crippen LogP contribution in [0.1, 0.15) is 20.3 Å². The Morgan fingerprint density at radius 3 is 2.40 bits per heavy atom. The van der Waals surface area contributed by atoms with Gasteiger partial charge in [-0.05, 0) is 26.1 Å². The van der Waals surface area contributed by atoms with E-state index in [0.717, 1.165) is 65.4 Å². The van der Waals surface area contributed by atoms with E-state index < -0.39 is 0 Å². The van der Waals surface area contributed by atoms with Gasteiger partial charge in [0, 0.05) is 51.9 Å². The average Bonchev–Trinajstić information content (AvgIpc) is 2.89. The van der Waals surface area contributed by atoms with E-state index >= 15 is 0 Å². The molecule has 0 aromatic rings. The molecule has 0 bridgehead atoms. The van der Waals surface area contributed by atoms with Crippen LogP contribution in [0.25, 0.3) is 0 Å². The predicted molar refractivity (Wildman–Crippen MR) is 83.1 cm³/mol. The largest absolute Gasteiger partial charge is 0.390 e. The van der Waals surface area contributed by atoms with Crippen LogP contribution in [0.4, 0.5) is 0 Å². The van der Waals surface area contributed by atoms with Gasteiger partial charge in [0.25, 0.3) is 0 Å². The van der Waals surface area contributed by atoms with Crippen molar-refractivity contribution in [3.63, 3.8) is 0 Å². The third-order valence-corrected chi connectivity index (χ3v) is 4.72. The summed E-state index contributed by atoms with van der Waals surface area (Å²) in [5, 5.41) is 13.6. The number of likely N-dealkylation sites (tertiary alicyclic amines) is 1. The Balaban J connectivity index is 1.68. The molecule has 2 fully saturated rings. The zero-order valence-electron chi connectivity index (χ0n) is 13.2. The second-order valence-corrected chi connectivity index (χ2v) is 6.13. The topological polar surface area (TPSA) is 42.0 Å². The second kappa shape index (κ2) is 8.29. The second-order valence-electron chi connectivity index (χ2n) is 6.13. The fourth-order valence-corrected chi connectivity index (χ4v) is 3.56. The van der Waals surface area contributed by atoms with Crippen LogP contribution in [-0.2, 0) is 0 Å². The maximum absolute atomic E-state index is 10.3. The van der Waals surface area contributed by atoms with Gasteiger partial charge in [-0.2, -0.15) is 0 Å². The highest BCUT2D eigenvalue weighted by atomic mass is 16.3. The third-order valence-electron chi connectivity index (χ3n) is 4.72. The lowest BCUT2D eigenvalue weighted by atomic mass is 10.2. The van der Waals surface area contributed by atoms with Crippen LogP contribution in [-0.4, -0.2) is 97.4 Å². The first-order valence-corrected chi connectivity index (χ1v) is 8.30. The molecule has 0 amide bonds. The SMILES string of the molecule is CCN(CC)C1CCN(CC(O)CN2CCNCC2)C1. The molecule has 2 N–H and O–H groups in total. The fourth-order valence-electron chi connectivity index (χ4n) is 3.56. The van der Waals surface area contributed by atoms with Gasteiger partial charge in [-0.3, -0.25) is 14.7 Å². The van der Waals surface area contributed by atoms with Gasteiger partial charge < -0.3 is 10.4 Å². The van der Waals surface area contributed by atoms with Crippen molar-refractivity contribution in [1.29, 1.82) is 0 Å². The lowest BCUT2D eigenvalue weighted by molar-refractivity contribution is 0.0738. The first-order chi connectivity index (χ1) is 9.72. The van der Waals surface area contributed by atoms with Crippen molar-refractivity contribution in [2.24, 2.45) is 0 Å². The van der Waals surface area contributed by atoms with Gasteiger partial charge in [-0.15, -0.1) is 0 Å². The molecule has 0 aromatic carbocycles. The monoisotopic (exact) mass is 284 g/mol. The maximum atomic E-state index is 10.3. The molecule has 2 aliphatic heterocycles. The molecular weight excluding hydrogens is 252 g/mol. The van der Waals surface area contributed by atoms with Gasteiger partial charge in [0.2, 0.25) is 0 Å². The van der Waals surface area contributed by atoms with E-state index in [-0.39, 0.29) is 6.10 Å². The normalized spacial score (nSPS) is 27.3. The van der Waals surface area contributed by atoms with Crippen molar-refractivity contribution < 1.29 is 5.11 Å². The van der Waals surface area contributed by atoms with Gasteiger partial charge in [0.15, 0.2) is 0 Å². The van der Waals surface area contributed by atoms with E-state index in [0.29, 0.717) is 6.04 Å². The molecule has 0 aromatic heterocycles. The number of nitrogens with zero attached hydrogens (tertiary/aromatic N) is 3. The molecule has 2 rings (SSSR count). The van der Waals surface area contributed by atoms with Gasteiger partial charge in [-0.25, -0.2) is 0 Å². The predicted octanol–water partition coefficient (Wildman–Crippen LogP) is -0.331. The van der Waals surface area contributed by atoms with Crippen LogP contribution in [0.15, 0.2) is 0 Å². The van der Waals surface area contributed by atoms with E-state index in [9.17, 15) is 5.11 Å². The summed E-state index contributed by atoms with van der Waals surface area (Å²) in [4.78, 5) is 7.36. The minimum atomic E-state index is -0.205. The van der Waals surface area contributed by atoms with Crippen LogP contribution in [0.3, 0.4) is 0 Å². The Kier molecular flexibility index (Phi) is 6.71. The minimum absolute atomic E-state index is 0.205. The van der Waals surface area contributed by atoms with E-state index in [2.05, 4.69) is 33.9 Å². The zero-order valence-corrected chi connectivity index (χ0v) is 13.2. The van der Waals surface area contributed by atoms with Crippen LogP contribution < -0.4 is 5.32 Å². The highest BCUT2D eigenvalue weighted by Gasteiger charge is 2.27. The number of likely N-dealkylation sites (N-methyl/N-ethyl adjacent to an activating group) is 1. The van der Waals surface area contributed by atoms with Gasteiger partial charge in [-0.1, -0.05) is 13.8 Å². The van der Waals surface area contributed by atoms with Crippen LogP contribution in [0.5, 0.6) is 0 Å². The number of hydrogen-bond donors (Lipinski definition) is 2. The summed E-state index contributed by atoms with van der Waals surface area (Å²) in [6, 6.07) is 0.691. The lowest BCUT2D eigenvalue weighted by Gasteiger charge is -2.31. The average molecular weight is 284 g/mol. The standard InChI is InChI=1S/C15H32N4O/c1-3-19(4-2)14-5-8-18(11-14)13-15(20)12-17-9-6-16-7-10-17/h14-16,20H,3-13H2,1-2H3. The first kappa shape index (κ1) is 16.2. The molecule has 5 nitrogen and oxygen atoms in total. The van der Waals surface area contributed by atoms with E-state index in [4.69, 9.17) is 0 Å². The van der Waals surface area contributed by atoms with E-state index in [1.165, 1.54) is 6.42 Å². The number of β-amino-alcohol motifs (C(OH)–C–C–N with tert-alkyl or cyclic N) is 1. The van der Waals surface area contributed by atoms with Crippen LogP contribution in [0, 0.1) is 0 Å². The lowest BCUT2D eigenvalue weighted by Crippen LogP contribution is -2.48. The Morgan fingerprint density at radius 1 is 1.10 bits per heavy atom. The highest BCUT2D eigenvalue weighted by molar-refractivity contribution is 4.84. The number of rotatable bonds is 7. The molecule has 2 saturated heterocycles. The zero-order chi connectivity index (χ0) is 14.4. The molecule has 0 radical (unpaired) electrons. The third kappa shape index (κ3) is 4.67. The minimum Gasteiger partial charge on any atom is -0.390 e. The van der Waals surface area contributed by atoms with Crippen molar-refractivity contribution in [2.75, 3.05) is 65.4 Å².